The number of nitrogens with zero attached hydrogens (tertiary/aromatic N) is 3. The van der Waals surface area contributed by atoms with Crippen molar-refractivity contribution in [1.29, 1.82) is 5.26 Å². The van der Waals surface area contributed by atoms with E-state index in [1.54, 1.807) is 11.3 Å². The van der Waals surface area contributed by atoms with E-state index < -0.39 is 0 Å². The zero-order valence-electron chi connectivity index (χ0n) is 11.8. The van der Waals surface area contributed by atoms with E-state index in [0.29, 0.717) is 11.4 Å². The molecule has 104 valence electrons. The van der Waals surface area contributed by atoms with Crippen molar-refractivity contribution in [1.82, 2.24) is 9.97 Å². The van der Waals surface area contributed by atoms with Gasteiger partial charge in [-0.25, -0.2) is 9.97 Å². The van der Waals surface area contributed by atoms with Gasteiger partial charge in [0.25, 0.3) is 0 Å². The Balaban J connectivity index is 1.97. The van der Waals surface area contributed by atoms with Gasteiger partial charge in [-0.05, 0) is 26.0 Å². The number of thiazole rings is 1. The van der Waals surface area contributed by atoms with Crippen molar-refractivity contribution in [3.63, 3.8) is 0 Å². The molecule has 2 aromatic heterocycles. The number of hydrogen-bond acceptors (Lipinski definition) is 5. The molecule has 0 bridgehead atoms. The van der Waals surface area contributed by atoms with Crippen molar-refractivity contribution in [2.45, 2.75) is 19.9 Å². The summed E-state index contributed by atoms with van der Waals surface area (Å²) >= 11 is 1.61. The van der Waals surface area contributed by atoms with Crippen LogP contribution in [0.25, 0.3) is 10.9 Å². The Hall–Kier alpha value is -2.45. The van der Waals surface area contributed by atoms with Crippen LogP contribution in [0.3, 0.4) is 0 Å². The predicted octanol–water partition coefficient (Wildman–Crippen LogP) is 4.04. The van der Waals surface area contributed by atoms with Gasteiger partial charge in [0.1, 0.15) is 16.9 Å². The van der Waals surface area contributed by atoms with Crippen LogP contribution < -0.4 is 5.32 Å². The number of hydrogen-bond donors (Lipinski definition) is 1. The molecule has 0 saturated heterocycles. The second-order valence-electron chi connectivity index (χ2n) is 4.88. The monoisotopic (exact) mass is 294 g/mol. The van der Waals surface area contributed by atoms with Crippen LogP contribution in [0.1, 0.15) is 29.2 Å². The molecule has 1 atom stereocenters. The lowest BCUT2D eigenvalue weighted by Crippen LogP contribution is -2.09. The maximum Gasteiger partial charge on any atom is 0.145 e. The standard InChI is InChI=1S/C16H14N4S/c1-10-9-21-16(18-10)11(2)19-15-13(8-17)7-12-5-3-4-6-14(12)20-15/h3-7,9,11H,1-2H3,(H,19,20). The minimum absolute atomic E-state index is 0.0180. The van der Waals surface area contributed by atoms with E-state index in [1.807, 2.05) is 49.6 Å². The molecular weight excluding hydrogens is 280 g/mol. The second-order valence-corrected chi connectivity index (χ2v) is 5.77. The lowest BCUT2D eigenvalue weighted by atomic mass is 10.1. The number of nitriles is 1. The van der Waals surface area contributed by atoms with Crippen LogP contribution in [0, 0.1) is 18.3 Å². The third-order valence-corrected chi connectivity index (χ3v) is 4.35. The molecule has 1 N–H and O–H groups in total. The van der Waals surface area contributed by atoms with Gasteiger partial charge in [0.15, 0.2) is 0 Å². The average molecular weight is 294 g/mol. The summed E-state index contributed by atoms with van der Waals surface area (Å²) in [5.74, 6) is 0.608. The molecule has 0 spiro atoms. The first-order valence-corrected chi connectivity index (χ1v) is 7.54. The molecule has 5 heteroatoms. The first kappa shape index (κ1) is 13.5. The average Bonchev–Trinajstić information content (AvgIpc) is 2.93. The lowest BCUT2D eigenvalue weighted by Gasteiger charge is -2.13. The van der Waals surface area contributed by atoms with Gasteiger partial charge in [0.2, 0.25) is 0 Å². The number of rotatable bonds is 3. The van der Waals surface area contributed by atoms with Gasteiger partial charge < -0.3 is 5.32 Å². The summed E-state index contributed by atoms with van der Waals surface area (Å²) < 4.78 is 0. The Bertz CT molecular complexity index is 832. The molecule has 0 radical (unpaired) electrons. The fourth-order valence-corrected chi connectivity index (χ4v) is 2.95. The minimum atomic E-state index is 0.0180. The van der Waals surface area contributed by atoms with Crippen molar-refractivity contribution in [2.24, 2.45) is 0 Å². The van der Waals surface area contributed by atoms with E-state index in [-0.39, 0.29) is 6.04 Å². The topological polar surface area (TPSA) is 61.6 Å². The lowest BCUT2D eigenvalue weighted by molar-refractivity contribution is 0.856. The van der Waals surface area contributed by atoms with E-state index in [0.717, 1.165) is 21.6 Å². The molecule has 3 rings (SSSR count). The summed E-state index contributed by atoms with van der Waals surface area (Å²) in [7, 11) is 0. The molecule has 21 heavy (non-hydrogen) atoms. The van der Waals surface area contributed by atoms with Crippen LogP contribution in [-0.2, 0) is 0 Å². The highest BCUT2D eigenvalue weighted by atomic mass is 32.1. The quantitative estimate of drug-likeness (QED) is 0.791. The fraction of sp³-hybridized carbons (Fsp3) is 0.188. The molecule has 0 aliphatic heterocycles. The first-order valence-electron chi connectivity index (χ1n) is 6.66. The van der Waals surface area contributed by atoms with E-state index in [9.17, 15) is 5.26 Å². The smallest absolute Gasteiger partial charge is 0.145 e. The van der Waals surface area contributed by atoms with E-state index in [1.165, 1.54) is 0 Å². The van der Waals surface area contributed by atoms with Crippen molar-refractivity contribution < 1.29 is 0 Å². The normalized spacial score (nSPS) is 12.0. The SMILES string of the molecule is Cc1csc(C(C)Nc2nc3ccccc3cc2C#N)n1. The Morgan fingerprint density at radius 3 is 2.81 bits per heavy atom. The summed E-state index contributed by atoms with van der Waals surface area (Å²) in [6.45, 7) is 4.00. The molecule has 1 aromatic carbocycles. The van der Waals surface area contributed by atoms with Gasteiger partial charge in [0.05, 0.1) is 17.1 Å². The number of nitrogens with one attached hydrogen (secondary N) is 1. The fourth-order valence-electron chi connectivity index (χ4n) is 2.15. The molecule has 0 saturated carbocycles. The molecule has 3 aromatic rings. The van der Waals surface area contributed by atoms with E-state index in [4.69, 9.17) is 0 Å². The molecule has 1 unspecified atom stereocenters. The summed E-state index contributed by atoms with van der Waals surface area (Å²) in [6.07, 6.45) is 0. The first-order chi connectivity index (χ1) is 10.2. The molecule has 0 aliphatic rings. The van der Waals surface area contributed by atoms with Crippen LogP contribution in [0.2, 0.25) is 0 Å². The van der Waals surface area contributed by atoms with Crippen molar-refractivity contribution in [2.75, 3.05) is 5.32 Å². The predicted molar refractivity (Wildman–Crippen MR) is 85.3 cm³/mol. The Morgan fingerprint density at radius 2 is 2.10 bits per heavy atom. The molecule has 2 heterocycles. The van der Waals surface area contributed by atoms with E-state index >= 15 is 0 Å². The van der Waals surface area contributed by atoms with Crippen LogP contribution >= 0.6 is 11.3 Å². The molecule has 0 fully saturated rings. The number of fused-ring (bicyclic) bond motifs is 1. The Labute approximate surface area is 127 Å². The number of aromatic nitrogens is 2. The summed E-state index contributed by atoms with van der Waals surface area (Å²) in [4.78, 5) is 9.03. The molecule has 0 aliphatic carbocycles. The van der Waals surface area contributed by atoms with Crippen LogP contribution in [0.15, 0.2) is 35.7 Å². The molecule has 4 nitrogen and oxygen atoms in total. The van der Waals surface area contributed by atoms with Crippen LogP contribution in [0.4, 0.5) is 5.82 Å². The zero-order valence-corrected chi connectivity index (χ0v) is 12.6. The molecule has 0 amide bonds. The summed E-state index contributed by atoms with van der Waals surface area (Å²) in [6, 6.07) is 11.9. The number of anilines is 1. The zero-order chi connectivity index (χ0) is 14.8. The summed E-state index contributed by atoms with van der Waals surface area (Å²) in [5.41, 5.74) is 2.44. The third kappa shape index (κ3) is 2.71. The third-order valence-electron chi connectivity index (χ3n) is 3.20. The maximum absolute atomic E-state index is 9.32. The van der Waals surface area contributed by atoms with Crippen molar-refractivity contribution >= 4 is 28.1 Å². The highest BCUT2D eigenvalue weighted by Crippen LogP contribution is 2.25. The van der Waals surface area contributed by atoms with Crippen LogP contribution in [0.5, 0.6) is 0 Å². The maximum atomic E-state index is 9.32. The number of aryl methyl sites for hydroxylation is 1. The number of benzene rings is 1. The van der Waals surface area contributed by atoms with Crippen molar-refractivity contribution in [3.8, 4) is 6.07 Å². The largest absolute Gasteiger partial charge is 0.360 e. The van der Waals surface area contributed by atoms with E-state index in [2.05, 4.69) is 21.4 Å². The van der Waals surface area contributed by atoms with Gasteiger partial charge in [-0.15, -0.1) is 11.3 Å². The minimum Gasteiger partial charge on any atom is -0.360 e. The second kappa shape index (κ2) is 5.51. The summed E-state index contributed by atoms with van der Waals surface area (Å²) in [5, 5.41) is 16.6. The van der Waals surface area contributed by atoms with Gasteiger partial charge in [-0.3, -0.25) is 0 Å². The highest BCUT2D eigenvalue weighted by Gasteiger charge is 2.13. The van der Waals surface area contributed by atoms with Gasteiger partial charge >= 0.3 is 0 Å². The Morgan fingerprint density at radius 1 is 1.29 bits per heavy atom. The van der Waals surface area contributed by atoms with Gasteiger partial charge in [-0.2, -0.15) is 5.26 Å². The van der Waals surface area contributed by atoms with Crippen molar-refractivity contribution in [3.05, 3.63) is 52.0 Å². The molecular formula is C16H14N4S. The van der Waals surface area contributed by atoms with Gasteiger partial charge in [0, 0.05) is 16.5 Å². The Kier molecular flexibility index (Phi) is 3.55. The number of para-hydroxylation sites is 1. The van der Waals surface area contributed by atoms with Crippen LogP contribution in [-0.4, -0.2) is 9.97 Å². The number of pyridine rings is 1. The van der Waals surface area contributed by atoms with Gasteiger partial charge in [-0.1, -0.05) is 18.2 Å². The highest BCUT2D eigenvalue weighted by molar-refractivity contribution is 7.09.